The van der Waals surface area contributed by atoms with Gasteiger partial charge >= 0.3 is 0 Å². The van der Waals surface area contributed by atoms with Gasteiger partial charge in [0.25, 0.3) is 0 Å². The number of carbonyl (C=O) groups is 4. The number of Topliss-reactive ketones (excluding diaryl/α,β-unsaturated/α-hetero) is 4. The molecule has 0 spiro atoms. The number of fused-ring (bicyclic) bond motifs is 1. The van der Waals surface area contributed by atoms with Crippen LogP contribution in [0.2, 0.25) is 0 Å². The number of aryl methyl sites for hydroxylation is 1. The standard InChI is InChI=1S/C36H48O4.C3H8/c1-7-10-29(31(9-3)34(39)18-25(6)37)19-27-21-33-32(16-11-24(5)36(33)35(40)22-27)28-14-12-26(13-15-28)20-30(38)17-23(4)8-2;1-3-2/h11-16,23,27,29,31H,7-10,17-22H2,1-6H3;3H2,1-2H3. The average molecular weight is 589 g/mol. The maximum Gasteiger partial charge on any atom is 0.163 e. The number of rotatable bonds is 15. The molecule has 4 heteroatoms. The van der Waals surface area contributed by atoms with Crippen molar-refractivity contribution in [3.8, 4) is 11.1 Å². The minimum Gasteiger partial charge on any atom is -0.300 e. The molecule has 2 aromatic rings. The van der Waals surface area contributed by atoms with Gasteiger partial charge in [0, 0.05) is 30.7 Å². The highest BCUT2D eigenvalue weighted by Gasteiger charge is 2.34. The van der Waals surface area contributed by atoms with Crippen molar-refractivity contribution in [3.63, 3.8) is 0 Å². The first-order valence-corrected chi connectivity index (χ1v) is 16.8. The molecule has 0 radical (unpaired) electrons. The lowest BCUT2D eigenvalue weighted by Gasteiger charge is -2.32. The van der Waals surface area contributed by atoms with Crippen LogP contribution in [-0.2, 0) is 27.2 Å². The van der Waals surface area contributed by atoms with Crippen LogP contribution >= 0.6 is 0 Å². The van der Waals surface area contributed by atoms with Gasteiger partial charge in [-0.1, -0.05) is 104 Å². The molecule has 0 saturated carbocycles. The summed E-state index contributed by atoms with van der Waals surface area (Å²) in [6.07, 6.45) is 8.11. The van der Waals surface area contributed by atoms with E-state index in [4.69, 9.17) is 0 Å². The van der Waals surface area contributed by atoms with E-state index < -0.39 is 0 Å². The zero-order valence-electron chi connectivity index (χ0n) is 28.2. The summed E-state index contributed by atoms with van der Waals surface area (Å²) in [6, 6.07) is 12.4. The van der Waals surface area contributed by atoms with Gasteiger partial charge in [-0.2, -0.15) is 0 Å². The molecule has 4 unspecified atom stereocenters. The molecule has 0 aliphatic heterocycles. The van der Waals surface area contributed by atoms with Crippen LogP contribution in [0.5, 0.6) is 0 Å². The van der Waals surface area contributed by atoms with Gasteiger partial charge in [-0.25, -0.2) is 0 Å². The van der Waals surface area contributed by atoms with Crippen molar-refractivity contribution in [1.82, 2.24) is 0 Å². The molecule has 4 nitrogen and oxygen atoms in total. The molecule has 1 aliphatic rings. The second-order valence-corrected chi connectivity index (χ2v) is 13.0. The van der Waals surface area contributed by atoms with E-state index in [9.17, 15) is 19.2 Å². The quantitative estimate of drug-likeness (QED) is 0.194. The molecule has 0 N–H and O–H groups in total. The van der Waals surface area contributed by atoms with Crippen molar-refractivity contribution in [2.24, 2.45) is 23.7 Å². The van der Waals surface area contributed by atoms with Gasteiger partial charge in [-0.3, -0.25) is 19.2 Å². The predicted molar refractivity (Wildman–Crippen MR) is 179 cm³/mol. The molecule has 236 valence electrons. The van der Waals surface area contributed by atoms with Crippen LogP contribution in [0.4, 0.5) is 0 Å². The molecule has 0 fully saturated rings. The summed E-state index contributed by atoms with van der Waals surface area (Å²) in [5.41, 5.74) is 6.16. The highest BCUT2D eigenvalue weighted by Crippen LogP contribution is 2.40. The van der Waals surface area contributed by atoms with Gasteiger partial charge < -0.3 is 0 Å². The van der Waals surface area contributed by atoms with Crippen molar-refractivity contribution in [3.05, 3.63) is 58.7 Å². The third kappa shape index (κ3) is 10.7. The Morgan fingerprint density at radius 3 is 2.12 bits per heavy atom. The van der Waals surface area contributed by atoms with E-state index in [0.717, 1.165) is 71.9 Å². The van der Waals surface area contributed by atoms with Gasteiger partial charge in [-0.05, 0) is 78.7 Å². The lowest BCUT2D eigenvalue weighted by atomic mass is 9.71. The highest BCUT2D eigenvalue weighted by atomic mass is 16.1. The smallest absolute Gasteiger partial charge is 0.163 e. The normalized spacial score (nSPS) is 16.4. The summed E-state index contributed by atoms with van der Waals surface area (Å²) in [4.78, 5) is 50.6. The zero-order valence-corrected chi connectivity index (χ0v) is 28.2. The molecule has 0 heterocycles. The van der Waals surface area contributed by atoms with E-state index in [-0.39, 0.29) is 47.3 Å². The molecule has 1 aliphatic carbocycles. The number of hydrogen-bond acceptors (Lipinski definition) is 4. The molecule has 0 aromatic heterocycles. The molecule has 0 amide bonds. The second-order valence-electron chi connectivity index (χ2n) is 13.0. The van der Waals surface area contributed by atoms with Crippen LogP contribution in [0.25, 0.3) is 11.1 Å². The van der Waals surface area contributed by atoms with Gasteiger partial charge in [0.1, 0.15) is 17.3 Å². The van der Waals surface area contributed by atoms with Gasteiger partial charge in [0.05, 0.1) is 6.42 Å². The lowest BCUT2D eigenvalue weighted by molar-refractivity contribution is -0.130. The predicted octanol–water partition coefficient (Wildman–Crippen LogP) is 9.75. The van der Waals surface area contributed by atoms with Crippen LogP contribution in [-0.4, -0.2) is 23.1 Å². The molecule has 2 aromatic carbocycles. The fourth-order valence-corrected chi connectivity index (χ4v) is 6.64. The van der Waals surface area contributed by atoms with Crippen LogP contribution in [0.15, 0.2) is 36.4 Å². The van der Waals surface area contributed by atoms with Gasteiger partial charge in [0.2, 0.25) is 0 Å². The fraction of sp³-hybridized carbons (Fsp3) is 0.590. The zero-order chi connectivity index (χ0) is 32.1. The van der Waals surface area contributed by atoms with E-state index >= 15 is 0 Å². The van der Waals surface area contributed by atoms with Crippen LogP contribution < -0.4 is 0 Å². The van der Waals surface area contributed by atoms with Crippen molar-refractivity contribution in [1.29, 1.82) is 0 Å². The molecule has 3 rings (SSSR count). The molecule has 0 saturated heterocycles. The number of carbonyl (C=O) groups excluding carboxylic acids is 4. The maximum absolute atomic E-state index is 13.5. The van der Waals surface area contributed by atoms with Gasteiger partial charge in [-0.15, -0.1) is 0 Å². The maximum atomic E-state index is 13.5. The second kappa shape index (κ2) is 18.0. The van der Waals surface area contributed by atoms with Crippen LogP contribution in [0, 0.1) is 30.6 Å². The molecular formula is C39H56O4. The lowest BCUT2D eigenvalue weighted by Crippen LogP contribution is -2.30. The first-order chi connectivity index (χ1) is 20.5. The molecule has 0 bridgehead atoms. The van der Waals surface area contributed by atoms with Crippen LogP contribution in [0.3, 0.4) is 0 Å². The Morgan fingerprint density at radius 1 is 0.907 bits per heavy atom. The van der Waals surface area contributed by atoms with Crippen LogP contribution in [0.1, 0.15) is 133 Å². The Morgan fingerprint density at radius 2 is 1.56 bits per heavy atom. The minimum absolute atomic E-state index is 0.00766. The Kier molecular flexibility index (Phi) is 15.2. The topological polar surface area (TPSA) is 68.3 Å². The Hall–Kier alpha value is -2.88. The summed E-state index contributed by atoms with van der Waals surface area (Å²) >= 11 is 0. The highest BCUT2D eigenvalue weighted by molar-refractivity contribution is 6.02. The van der Waals surface area contributed by atoms with E-state index in [1.807, 2.05) is 32.0 Å². The van der Waals surface area contributed by atoms with E-state index in [1.54, 1.807) is 0 Å². The van der Waals surface area contributed by atoms with Crippen molar-refractivity contribution in [2.75, 3.05) is 0 Å². The summed E-state index contributed by atoms with van der Waals surface area (Å²) in [6.45, 7) is 16.2. The summed E-state index contributed by atoms with van der Waals surface area (Å²) in [5.74, 6) is 1.08. The minimum atomic E-state index is -0.132. The Labute approximate surface area is 261 Å². The summed E-state index contributed by atoms with van der Waals surface area (Å²) < 4.78 is 0. The van der Waals surface area contributed by atoms with Crippen molar-refractivity contribution < 1.29 is 19.2 Å². The molecule has 43 heavy (non-hydrogen) atoms. The Bertz CT molecular complexity index is 1220. The van der Waals surface area contributed by atoms with E-state index in [1.165, 1.54) is 13.3 Å². The average Bonchev–Trinajstić information content (AvgIpc) is 2.94. The van der Waals surface area contributed by atoms with Crippen molar-refractivity contribution in [2.45, 2.75) is 126 Å². The number of ketones is 4. The first kappa shape index (κ1) is 36.3. The van der Waals surface area contributed by atoms with Gasteiger partial charge in [0.15, 0.2) is 5.78 Å². The largest absolute Gasteiger partial charge is 0.300 e. The summed E-state index contributed by atoms with van der Waals surface area (Å²) in [5, 5.41) is 0. The first-order valence-electron chi connectivity index (χ1n) is 16.8. The van der Waals surface area contributed by atoms with E-state index in [0.29, 0.717) is 25.2 Å². The third-order valence-electron chi connectivity index (χ3n) is 8.85. The number of hydrogen-bond donors (Lipinski definition) is 0. The number of benzene rings is 2. The Balaban J connectivity index is 0.00000206. The fourth-order valence-electron chi connectivity index (χ4n) is 6.64. The molecular weight excluding hydrogens is 532 g/mol. The summed E-state index contributed by atoms with van der Waals surface area (Å²) in [7, 11) is 0. The van der Waals surface area contributed by atoms with Crippen molar-refractivity contribution >= 4 is 23.1 Å². The molecule has 4 atom stereocenters. The third-order valence-corrected chi connectivity index (χ3v) is 8.85. The van der Waals surface area contributed by atoms with E-state index in [2.05, 4.69) is 52.8 Å². The SMILES string of the molecule is CCC.CCCC(CC1CC(=O)c2c(C)ccc(-c3ccc(CC(=O)CC(C)CC)cc3)c2C1)C(CC)C(=O)CC(C)=O. The monoisotopic (exact) mass is 588 g/mol.